The molecule has 1 saturated heterocycles. The zero-order valence-corrected chi connectivity index (χ0v) is 14.3. The summed E-state index contributed by atoms with van der Waals surface area (Å²) in [5.41, 5.74) is 1.91. The first-order valence-electron chi connectivity index (χ1n) is 7.91. The molecular weight excluding hydrogens is 326 g/mol. The van der Waals surface area contributed by atoms with Crippen LogP contribution in [0.5, 0.6) is 5.75 Å². The number of amides is 1. The molecule has 6 heteroatoms. The van der Waals surface area contributed by atoms with E-state index in [1.54, 1.807) is 6.20 Å². The van der Waals surface area contributed by atoms with E-state index in [9.17, 15) is 4.79 Å². The maximum atomic E-state index is 12.2. The quantitative estimate of drug-likeness (QED) is 0.899. The van der Waals surface area contributed by atoms with Crippen LogP contribution in [0.15, 0.2) is 48.7 Å². The van der Waals surface area contributed by atoms with Crippen LogP contribution in [0.4, 0.5) is 0 Å². The molecule has 0 bridgehead atoms. The van der Waals surface area contributed by atoms with Crippen molar-refractivity contribution in [3.05, 3.63) is 59.9 Å². The average molecular weight is 348 g/mol. The number of hydrogen-bond acceptors (Lipinski definition) is 4. The number of ether oxygens (including phenoxy) is 1. The lowest BCUT2D eigenvalue weighted by atomic mass is 10.1. The summed E-state index contributed by atoms with van der Waals surface area (Å²) in [6.45, 7) is 3.80. The maximum absolute atomic E-state index is 12.2. The second-order valence-electron chi connectivity index (χ2n) is 5.56. The Morgan fingerprint density at radius 1 is 1.12 bits per heavy atom. The number of benzene rings is 1. The number of aromatic nitrogens is 1. The molecule has 0 unspecified atom stereocenters. The van der Waals surface area contributed by atoms with Gasteiger partial charge in [0.2, 0.25) is 5.91 Å². The summed E-state index contributed by atoms with van der Waals surface area (Å²) in [6.07, 6.45) is 2.20. The summed E-state index contributed by atoms with van der Waals surface area (Å²) >= 11 is 0. The molecule has 0 saturated carbocycles. The summed E-state index contributed by atoms with van der Waals surface area (Å²) in [6, 6.07) is 13.5. The molecule has 1 amide bonds. The van der Waals surface area contributed by atoms with Gasteiger partial charge in [0.1, 0.15) is 12.4 Å². The number of nitrogens with one attached hydrogen (secondary N) is 1. The largest absolute Gasteiger partial charge is 0.487 e. The van der Waals surface area contributed by atoms with Crippen LogP contribution in [0.2, 0.25) is 0 Å². The summed E-state index contributed by atoms with van der Waals surface area (Å²) in [5, 5.41) is 3.25. The molecule has 0 spiro atoms. The lowest BCUT2D eigenvalue weighted by Crippen LogP contribution is -2.46. The number of pyridine rings is 1. The highest BCUT2D eigenvalue weighted by molar-refractivity contribution is 5.85. The molecule has 1 aliphatic heterocycles. The summed E-state index contributed by atoms with van der Waals surface area (Å²) in [5.74, 6) is 0.975. The average Bonchev–Trinajstić information content (AvgIpc) is 2.63. The summed E-state index contributed by atoms with van der Waals surface area (Å²) < 4.78 is 5.70. The first kappa shape index (κ1) is 18.2. The van der Waals surface area contributed by atoms with E-state index >= 15 is 0 Å². The lowest BCUT2D eigenvalue weighted by molar-refractivity contribution is -0.131. The number of nitrogens with zero attached hydrogens (tertiary/aromatic N) is 2. The van der Waals surface area contributed by atoms with Gasteiger partial charge in [-0.05, 0) is 29.8 Å². The van der Waals surface area contributed by atoms with Crippen LogP contribution in [0.1, 0.15) is 11.3 Å². The van der Waals surface area contributed by atoms with Gasteiger partial charge in [-0.1, -0.05) is 18.2 Å². The molecule has 1 aliphatic rings. The van der Waals surface area contributed by atoms with Crippen LogP contribution in [-0.4, -0.2) is 42.0 Å². The van der Waals surface area contributed by atoms with Crippen molar-refractivity contribution in [3.63, 3.8) is 0 Å². The second-order valence-corrected chi connectivity index (χ2v) is 5.56. The highest BCUT2D eigenvalue weighted by atomic mass is 35.5. The van der Waals surface area contributed by atoms with E-state index in [1.165, 1.54) is 0 Å². The zero-order valence-electron chi connectivity index (χ0n) is 13.5. The van der Waals surface area contributed by atoms with Crippen molar-refractivity contribution in [1.82, 2.24) is 15.2 Å². The molecular formula is C18H22ClN3O2. The van der Waals surface area contributed by atoms with Gasteiger partial charge in [-0.25, -0.2) is 0 Å². The van der Waals surface area contributed by atoms with Gasteiger partial charge in [-0.2, -0.15) is 0 Å². The van der Waals surface area contributed by atoms with Crippen LogP contribution in [0.3, 0.4) is 0 Å². The molecule has 128 valence electrons. The third kappa shape index (κ3) is 5.22. The van der Waals surface area contributed by atoms with Crippen molar-refractivity contribution < 1.29 is 9.53 Å². The lowest BCUT2D eigenvalue weighted by Gasteiger charge is -2.27. The third-order valence-electron chi connectivity index (χ3n) is 3.86. The zero-order chi connectivity index (χ0) is 15.9. The highest BCUT2D eigenvalue weighted by Gasteiger charge is 2.16. The SMILES string of the molecule is Cl.O=C(Cc1ccc(OCc2ccccn2)cc1)N1CCNCC1. The second kappa shape index (κ2) is 9.25. The standard InChI is InChI=1S/C18H21N3O2.ClH/c22-18(21-11-9-19-10-12-21)13-15-4-6-17(7-5-15)23-14-16-3-1-2-8-20-16;/h1-8,19H,9-14H2;1H. The normalized spacial score (nSPS) is 13.9. The minimum Gasteiger partial charge on any atom is -0.487 e. The van der Waals surface area contributed by atoms with Crippen LogP contribution in [0, 0.1) is 0 Å². The van der Waals surface area contributed by atoms with Crippen molar-refractivity contribution >= 4 is 18.3 Å². The van der Waals surface area contributed by atoms with Crippen LogP contribution in [0.25, 0.3) is 0 Å². The van der Waals surface area contributed by atoms with Crippen molar-refractivity contribution in [2.45, 2.75) is 13.0 Å². The predicted octanol–water partition coefficient (Wildman–Crippen LogP) is 2.06. The number of carbonyl (C=O) groups excluding carboxylic acids is 1. The van der Waals surface area contributed by atoms with E-state index in [1.807, 2.05) is 47.4 Å². The summed E-state index contributed by atoms with van der Waals surface area (Å²) in [4.78, 5) is 18.4. The van der Waals surface area contributed by atoms with Gasteiger partial charge in [0.15, 0.2) is 0 Å². The van der Waals surface area contributed by atoms with E-state index in [0.717, 1.165) is 43.2 Å². The van der Waals surface area contributed by atoms with Gasteiger partial charge >= 0.3 is 0 Å². The minimum absolute atomic E-state index is 0. The van der Waals surface area contributed by atoms with Gasteiger partial charge in [0.05, 0.1) is 12.1 Å². The molecule has 0 radical (unpaired) electrons. The van der Waals surface area contributed by atoms with Crippen LogP contribution in [-0.2, 0) is 17.8 Å². The first-order chi connectivity index (χ1) is 11.3. The highest BCUT2D eigenvalue weighted by Crippen LogP contribution is 2.14. The predicted molar refractivity (Wildman–Crippen MR) is 95.4 cm³/mol. The maximum Gasteiger partial charge on any atom is 0.227 e. The minimum atomic E-state index is 0. The van der Waals surface area contributed by atoms with Gasteiger partial charge < -0.3 is 15.0 Å². The van der Waals surface area contributed by atoms with Gasteiger partial charge in [0.25, 0.3) is 0 Å². The van der Waals surface area contributed by atoms with Crippen molar-refractivity contribution in [1.29, 1.82) is 0 Å². The Balaban J connectivity index is 0.00000208. The van der Waals surface area contributed by atoms with Gasteiger partial charge in [-0.15, -0.1) is 12.4 Å². The third-order valence-corrected chi connectivity index (χ3v) is 3.86. The Bertz CT molecular complexity index is 628. The van der Waals surface area contributed by atoms with Crippen molar-refractivity contribution in [2.75, 3.05) is 26.2 Å². The van der Waals surface area contributed by atoms with Gasteiger partial charge in [0, 0.05) is 32.4 Å². The number of hydrogen-bond donors (Lipinski definition) is 1. The van der Waals surface area contributed by atoms with Crippen LogP contribution < -0.4 is 10.1 Å². The van der Waals surface area contributed by atoms with Crippen LogP contribution >= 0.6 is 12.4 Å². The Morgan fingerprint density at radius 2 is 1.88 bits per heavy atom. The molecule has 1 aromatic heterocycles. The van der Waals surface area contributed by atoms with E-state index in [0.29, 0.717) is 13.0 Å². The monoisotopic (exact) mass is 347 g/mol. The van der Waals surface area contributed by atoms with E-state index in [2.05, 4.69) is 10.3 Å². The Morgan fingerprint density at radius 3 is 2.54 bits per heavy atom. The van der Waals surface area contributed by atoms with E-state index in [-0.39, 0.29) is 18.3 Å². The molecule has 5 nitrogen and oxygen atoms in total. The molecule has 3 rings (SSSR count). The smallest absolute Gasteiger partial charge is 0.227 e. The molecule has 1 fully saturated rings. The molecule has 0 aliphatic carbocycles. The van der Waals surface area contributed by atoms with Gasteiger partial charge in [-0.3, -0.25) is 9.78 Å². The molecule has 24 heavy (non-hydrogen) atoms. The number of carbonyl (C=O) groups is 1. The fourth-order valence-corrected chi connectivity index (χ4v) is 2.54. The van der Waals surface area contributed by atoms with Crippen molar-refractivity contribution in [3.8, 4) is 5.75 Å². The Labute approximate surface area is 148 Å². The molecule has 2 heterocycles. The fourth-order valence-electron chi connectivity index (χ4n) is 2.54. The Kier molecular flexibility index (Phi) is 7.03. The molecule has 1 aromatic carbocycles. The first-order valence-corrected chi connectivity index (χ1v) is 7.91. The number of piperazine rings is 1. The van der Waals surface area contributed by atoms with E-state index < -0.39 is 0 Å². The van der Waals surface area contributed by atoms with E-state index in [4.69, 9.17) is 4.74 Å². The Hall–Kier alpha value is -2.11. The number of halogens is 1. The summed E-state index contributed by atoms with van der Waals surface area (Å²) in [7, 11) is 0. The topological polar surface area (TPSA) is 54.5 Å². The fraction of sp³-hybridized carbons (Fsp3) is 0.333. The molecule has 0 atom stereocenters. The number of rotatable bonds is 5. The van der Waals surface area contributed by atoms with Crippen molar-refractivity contribution in [2.24, 2.45) is 0 Å². The molecule has 1 N–H and O–H groups in total. The molecule has 2 aromatic rings.